The van der Waals surface area contributed by atoms with E-state index in [0.717, 1.165) is 0 Å². The summed E-state index contributed by atoms with van der Waals surface area (Å²) in [5, 5.41) is 9.88. The number of hydrogen-bond acceptors (Lipinski definition) is 5. The monoisotopic (exact) mass is 293 g/mol. The van der Waals surface area contributed by atoms with Crippen LogP contribution in [0.5, 0.6) is 0 Å². The third-order valence-corrected chi connectivity index (χ3v) is 4.15. The molecule has 0 aliphatic carbocycles. The van der Waals surface area contributed by atoms with E-state index in [9.17, 15) is 21.6 Å². The first-order valence-electron chi connectivity index (χ1n) is 4.82. The molecule has 6 nitrogen and oxygen atoms in total. The van der Waals surface area contributed by atoms with Crippen LogP contribution >= 0.6 is 0 Å². The van der Waals surface area contributed by atoms with Gasteiger partial charge in [0.1, 0.15) is 0 Å². The molecule has 1 fully saturated rings. The maximum atomic E-state index is 11.3. The molecule has 0 radical (unpaired) electrons. The lowest BCUT2D eigenvalue weighted by molar-refractivity contribution is -0.192. The predicted molar refractivity (Wildman–Crippen MR) is 56.0 cm³/mol. The number of carbonyl (C=O) groups is 1. The molecule has 1 aliphatic rings. The molecule has 1 saturated heterocycles. The molecule has 0 bridgehead atoms. The highest BCUT2D eigenvalue weighted by atomic mass is 32.2. The maximum Gasteiger partial charge on any atom is 0.490 e. The first-order chi connectivity index (χ1) is 8.11. The van der Waals surface area contributed by atoms with Gasteiger partial charge in [-0.25, -0.2) is 13.2 Å². The third kappa shape index (κ3) is 6.17. The van der Waals surface area contributed by atoms with Gasteiger partial charge in [-0.1, -0.05) is 0 Å². The molecule has 1 aliphatic heterocycles. The molecule has 1 heterocycles. The number of alkyl halides is 3. The second-order valence-electron chi connectivity index (χ2n) is 3.44. The standard InChI is InChI=1S/C6H13NO3S.C2HF3O2/c1-10-2-3-11(8,9)6-4-7-5-6;3-2(4,5)1(6)7/h6-7H,2-5H2,1H3;(H,6,7). The van der Waals surface area contributed by atoms with E-state index in [0.29, 0.717) is 19.7 Å². The normalized spacial score (nSPS) is 16.4. The van der Waals surface area contributed by atoms with E-state index in [2.05, 4.69) is 5.32 Å². The number of carboxylic acid groups (broad SMARTS) is 1. The largest absolute Gasteiger partial charge is 0.490 e. The van der Waals surface area contributed by atoms with Gasteiger partial charge in [0.2, 0.25) is 0 Å². The van der Waals surface area contributed by atoms with Crippen LogP contribution in [0.2, 0.25) is 0 Å². The molecule has 0 aromatic heterocycles. The minimum Gasteiger partial charge on any atom is -0.475 e. The first kappa shape index (κ1) is 17.1. The minimum atomic E-state index is -5.08. The molecule has 0 aromatic rings. The molecule has 2 N–H and O–H groups in total. The molecular weight excluding hydrogens is 279 g/mol. The van der Waals surface area contributed by atoms with Crippen molar-refractivity contribution >= 4 is 15.8 Å². The first-order valence-corrected chi connectivity index (χ1v) is 6.54. The van der Waals surface area contributed by atoms with Gasteiger partial charge in [-0.2, -0.15) is 13.2 Å². The van der Waals surface area contributed by atoms with E-state index in [1.807, 2.05) is 0 Å². The van der Waals surface area contributed by atoms with Crippen LogP contribution in [0.25, 0.3) is 0 Å². The molecule has 1 rings (SSSR count). The molecule has 18 heavy (non-hydrogen) atoms. The Balaban J connectivity index is 0.000000360. The quantitative estimate of drug-likeness (QED) is 0.736. The van der Waals surface area contributed by atoms with Crippen LogP contribution in [0, 0.1) is 0 Å². The summed E-state index contributed by atoms with van der Waals surface area (Å²) in [7, 11) is -1.36. The fourth-order valence-electron chi connectivity index (χ4n) is 0.882. The smallest absolute Gasteiger partial charge is 0.475 e. The van der Waals surface area contributed by atoms with Crippen molar-refractivity contribution in [3.8, 4) is 0 Å². The van der Waals surface area contributed by atoms with Crippen molar-refractivity contribution in [2.24, 2.45) is 0 Å². The van der Waals surface area contributed by atoms with Crippen LogP contribution in [-0.4, -0.2) is 63.5 Å². The molecule has 0 atom stereocenters. The van der Waals surface area contributed by atoms with Gasteiger partial charge in [-0.05, 0) is 0 Å². The zero-order valence-electron chi connectivity index (χ0n) is 9.53. The average molecular weight is 293 g/mol. The Morgan fingerprint density at radius 2 is 1.89 bits per heavy atom. The number of sulfone groups is 1. The topological polar surface area (TPSA) is 92.7 Å². The lowest BCUT2D eigenvalue weighted by Gasteiger charge is -2.26. The van der Waals surface area contributed by atoms with E-state index < -0.39 is 22.0 Å². The van der Waals surface area contributed by atoms with E-state index >= 15 is 0 Å². The van der Waals surface area contributed by atoms with Crippen LogP contribution < -0.4 is 5.32 Å². The summed E-state index contributed by atoms with van der Waals surface area (Å²) in [6.45, 7) is 1.51. The Hall–Kier alpha value is -0.870. The van der Waals surface area contributed by atoms with Gasteiger partial charge in [0, 0.05) is 20.2 Å². The third-order valence-electron chi connectivity index (χ3n) is 2.07. The molecule has 108 valence electrons. The van der Waals surface area contributed by atoms with Crippen LogP contribution in [0.4, 0.5) is 13.2 Å². The Bertz CT molecular complexity index is 363. The van der Waals surface area contributed by atoms with Crippen molar-refractivity contribution in [2.45, 2.75) is 11.4 Å². The lowest BCUT2D eigenvalue weighted by Crippen LogP contribution is -2.52. The van der Waals surface area contributed by atoms with Gasteiger partial charge >= 0.3 is 12.1 Å². The highest BCUT2D eigenvalue weighted by molar-refractivity contribution is 7.92. The van der Waals surface area contributed by atoms with Crippen molar-refractivity contribution in [3.63, 3.8) is 0 Å². The van der Waals surface area contributed by atoms with Crippen molar-refractivity contribution < 1.29 is 36.2 Å². The zero-order valence-corrected chi connectivity index (χ0v) is 10.3. The zero-order chi connectivity index (χ0) is 14.4. The van der Waals surface area contributed by atoms with Gasteiger partial charge < -0.3 is 15.2 Å². The number of hydrogen-bond donors (Lipinski definition) is 2. The number of methoxy groups -OCH3 is 1. The van der Waals surface area contributed by atoms with Crippen molar-refractivity contribution in [3.05, 3.63) is 0 Å². The van der Waals surface area contributed by atoms with E-state index in [1.165, 1.54) is 7.11 Å². The summed E-state index contributed by atoms with van der Waals surface area (Å²) in [5.41, 5.74) is 0. The summed E-state index contributed by atoms with van der Waals surface area (Å²) in [6.07, 6.45) is -5.08. The van der Waals surface area contributed by atoms with Crippen molar-refractivity contribution in [1.82, 2.24) is 5.32 Å². The lowest BCUT2D eigenvalue weighted by atomic mass is 10.3. The summed E-state index contributed by atoms with van der Waals surface area (Å²) in [5.74, 6) is -2.61. The van der Waals surface area contributed by atoms with Crippen LogP contribution in [0.1, 0.15) is 0 Å². The van der Waals surface area contributed by atoms with Crippen LogP contribution in [0.3, 0.4) is 0 Å². The fraction of sp³-hybridized carbons (Fsp3) is 0.875. The molecule has 0 saturated carbocycles. The van der Waals surface area contributed by atoms with Gasteiger partial charge in [0.25, 0.3) is 0 Å². The predicted octanol–water partition coefficient (Wildman–Crippen LogP) is -0.347. The Morgan fingerprint density at radius 1 is 1.44 bits per heavy atom. The maximum absolute atomic E-state index is 11.3. The van der Waals surface area contributed by atoms with Gasteiger partial charge in [-0.15, -0.1) is 0 Å². The second kappa shape index (κ2) is 6.90. The van der Waals surface area contributed by atoms with E-state index in [1.54, 1.807) is 0 Å². The fourth-order valence-corrected chi connectivity index (χ4v) is 2.36. The van der Waals surface area contributed by atoms with E-state index in [4.69, 9.17) is 14.6 Å². The SMILES string of the molecule is COCCS(=O)(=O)C1CNC1.O=C(O)C(F)(F)F. The number of aliphatic carboxylic acids is 1. The summed E-state index contributed by atoms with van der Waals surface area (Å²) in [6, 6.07) is 0. The number of rotatable bonds is 4. The van der Waals surface area contributed by atoms with Gasteiger partial charge in [0.15, 0.2) is 9.84 Å². The molecular formula is C8H14F3NO5S. The average Bonchev–Trinajstić information content (AvgIpc) is 2.10. The highest BCUT2D eigenvalue weighted by Crippen LogP contribution is 2.13. The molecule has 0 unspecified atom stereocenters. The van der Waals surface area contributed by atoms with Gasteiger partial charge in [0.05, 0.1) is 17.6 Å². The van der Waals surface area contributed by atoms with Crippen molar-refractivity contribution in [1.29, 1.82) is 0 Å². The number of halogens is 3. The number of nitrogens with one attached hydrogen (secondary N) is 1. The van der Waals surface area contributed by atoms with Crippen LogP contribution in [-0.2, 0) is 19.4 Å². The van der Waals surface area contributed by atoms with Gasteiger partial charge in [-0.3, -0.25) is 0 Å². The second-order valence-corrected chi connectivity index (χ2v) is 5.84. The van der Waals surface area contributed by atoms with Crippen LogP contribution in [0.15, 0.2) is 0 Å². The van der Waals surface area contributed by atoms with Crippen molar-refractivity contribution in [2.75, 3.05) is 32.6 Å². The Labute approximate surface area is 102 Å². The number of carboxylic acids is 1. The highest BCUT2D eigenvalue weighted by Gasteiger charge is 2.38. The Kier molecular flexibility index (Phi) is 6.57. The summed E-state index contributed by atoms with van der Waals surface area (Å²) < 4.78 is 58.9. The molecule has 0 aromatic carbocycles. The minimum absolute atomic E-state index is 0.149. The molecule has 10 heteroatoms. The Morgan fingerprint density at radius 3 is 2.11 bits per heavy atom. The molecule has 0 amide bonds. The number of ether oxygens (including phenoxy) is 1. The van der Waals surface area contributed by atoms with E-state index in [-0.39, 0.29) is 11.0 Å². The molecule has 0 spiro atoms. The summed E-state index contributed by atoms with van der Waals surface area (Å²) >= 11 is 0. The summed E-state index contributed by atoms with van der Waals surface area (Å²) in [4.78, 5) is 8.90.